The molecule has 152 valence electrons. The third kappa shape index (κ3) is 5.05. The zero-order valence-corrected chi connectivity index (χ0v) is 18.1. The van der Waals surface area contributed by atoms with Crippen molar-refractivity contribution in [2.24, 2.45) is 0 Å². The quantitative estimate of drug-likeness (QED) is 0.637. The van der Waals surface area contributed by atoms with Crippen LogP contribution in [0.4, 0.5) is 11.8 Å². The zero-order chi connectivity index (χ0) is 20.3. The minimum absolute atomic E-state index is 0.0131. The van der Waals surface area contributed by atoms with Crippen molar-refractivity contribution in [2.45, 2.75) is 31.6 Å². The Kier molecular flexibility index (Phi) is 6.65. The summed E-state index contributed by atoms with van der Waals surface area (Å²) in [7, 11) is -3.74. The maximum atomic E-state index is 12.5. The second-order valence-electron chi connectivity index (χ2n) is 6.74. The van der Waals surface area contributed by atoms with Gasteiger partial charge in [-0.05, 0) is 44.4 Å². The highest BCUT2D eigenvalue weighted by Gasteiger charge is 2.19. The minimum atomic E-state index is -3.74. The molecule has 0 saturated carbocycles. The lowest BCUT2D eigenvalue weighted by Gasteiger charge is -2.17. The van der Waals surface area contributed by atoms with E-state index in [1.165, 1.54) is 25.0 Å². The van der Waals surface area contributed by atoms with E-state index in [1.807, 2.05) is 13.0 Å². The summed E-state index contributed by atoms with van der Waals surface area (Å²) in [5.74, 6) is 1.39. The smallest absolute Gasteiger partial charge is 0.242 e. The van der Waals surface area contributed by atoms with Crippen LogP contribution in [0.25, 0.3) is 0 Å². The summed E-state index contributed by atoms with van der Waals surface area (Å²) in [5, 5.41) is 3.60. The highest BCUT2D eigenvalue weighted by molar-refractivity contribution is 7.89. The van der Waals surface area contributed by atoms with Gasteiger partial charge in [0.1, 0.15) is 10.7 Å². The SMILES string of the molecule is Cc1cc(N2CCCC2)nc(NCCNS(=O)(=O)c2cc(C)c(Cl)cc2Cl)n1. The number of sulfonamides is 1. The van der Waals surface area contributed by atoms with E-state index in [1.54, 1.807) is 6.92 Å². The van der Waals surface area contributed by atoms with E-state index in [2.05, 4.69) is 24.9 Å². The fourth-order valence-corrected chi connectivity index (χ4v) is 4.88. The number of hydrogen-bond donors (Lipinski definition) is 2. The molecule has 0 radical (unpaired) electrons. The standard InChI is InChI=1S/C18H23Cl2N5O2S/c1-12-9-16(15(20)11-14(12)19)28(26,27)22-6-5-21-18-23-13(2)10-17(24-18)25-7-3-4-8-25/h9-11,22H,3-8H2,1-2H3,(H,21,23,24). The number of hydrogen-bond acceptors (Lipinski definition) is 6. The zero-order valence-electron chi connectivity index (χ0n) is 15.8. The van der Waals surface area contributed by atoms with Gasteiger partial charge in [0.25, 0.3) is 0 Å². The van der Waals surface area contributed by atoms with Gasteiger partial charge < -0.3 is 10.2 Å². The summed E-state index contributed by atoms with van der Waals surface area (Å²) >= 11 is 12.0. The molecule has 1 aliphatic rings. The van der Waals surface area contributed by atoms with Gasteiger partial charge in [-0.1, -0.05) is 23.2 Å². The molecule has 2 N–H and O–H groups in total. The minimum Gasteiger partial charge on any atom is -0.356 e. The first kappa shape index (κ1) is 21.1. The number of aromatic nitrogens is 2. The summed E-state index contributed by atoms with van der Waals surface area (Å²) < 4.78 is 27.5. The van der Waals surface area contributed by atoms with E-state index >= 15 is 0 Å². The maximum Gasteiger partial charge on any atom is 0.242 e. The molecule has 1 aliphatic heterocycles. The van der Waals surface area contributed by atoms with Gasteiger partial charge in [0.2, 0.25) is 16.0 Å². The van der Waals surface area contributed by atoms with Crippen molar-refractivity contribution in [2.75, 3.05) is 36.4 Å². The van der Waals surface area contributed by atoms with Gasteiger partial charge in [0.05, 0.1) is 5.02 Å². The van der Waals surface area contributed by atoms with Crippen LogP contribution < -0.4 is 14.9 Å². The summed E-state index contributed by atoms with van der Waals surface area (Å²) in [6.45, 7) is 6.14. The molecule has 0 bridgehead atoms. The molecule has 28 heavy (non-hydrogen) atoms. The summed E-state index contributed by atoms with van der Waals surface area (Å²) in [5.41, 5.74) is 1.51. The predicted octanol–water partition coefficient (Wildman–Crippen LogP) is 3.39. The van der Waals surface area contributed by atoms with Gasteiger partial charge in [-0.2, -0.15) is 4.98 Å². The Hall–Kier alpha value is -1.61. The summed E-state index contributed by atoms with van der Waals surface area (Å²) in [4.78, 5) is 11.1. The Morgan fingerprint density at radius 1 is 1.04 bits per heavy atom. The van der Waals surface area contributed by atoms with Gasteiger partial charge in [-0.15, -0.1) is 0 Å². The number of aryl methyl sites for hydroxylation is 2. The van der Waals surface area contributed by atoms with Crippen LogP contribution in [0.5, 0.6) is 0 Å². The molecule has 0 spiro atoms. The van der Waals surface area contributed by atoms with Crippen molar-refractivity contribution in [3.05, 3.63) is 39.5 Å². The highest BCUT2D eigenvalue weighted by atomic mass is 35.5. The lowest BCUT2D eigenvalue weighted by Crippen LogP contribution is -2.29. The average Bonchev–Trinajstić information content (AvgIpc) is 3.16. The Bertz CT molecular complexity index is 963. The molecule has 0 amide bonds. The van der Waals surface area contributed by atoms with Crippen LogP contribution in [0, 0.1) is 13.8 Å². The van der Waals surface area contributed by atoms with Crippen molar-refractivity contribution in [1.29, 1.82) is 0 Å². The first-order valence-electron chi connectivity index (χ1n) is 9.06. The summed E-state index contributed by atoms with van der Waals surface area (Å²) in [6.07, 6.45) is 2.33. The molecular weight excluding hydrogens is 421 g/mol. The molecule has 2 aromatic rings. The molecule has 2 heterocycles. The monoisotopic (exact) mass is 443 g/mol. The van der Waals surface area contributed by atoms with Crippen molar-refractivity contribution in [1.82, 2.24) is 14.7 Å². The molecule has 1 aromatic heterocycles. The molecule has 7 nitrogen and oxygen atoms in total. The fraction of sp³-hybridized carbons (Fsp3) is 0.444. The molecular formula is C18H23Cl2N5O2S. The molecule has 0 atom stereocenters. The summed E-state index contributed by atoms with van der Waals surface area (Å²) in [6, 6.07) is 4.86. The maximum absolute atomic E-state index is 12.5. The van der Waals surface area contributed by atoms with Gasteiger partial charge >= 0.3 is 0 Å². The predicted molar refractivity (Wildman–Crippen MR) is 113 cm³/mol. The second-order valence-corrected chi connectivity index (χ2v) is 9.29. The van der Waals surface area contributed by atoms with Gasteiger partial charge in [0.15, 0.2) is 0 Å². The van der Waals surface area contributed by atoms with Crippen LogP contribution in [0.3, 0.4) is 0 Å². The topological polar surface area (TPSA) is 87.2 Å². The number of halogens is 2. The number of nitrogens with one attached hydrogen (secondary N) is 2. The number of nitrogens with zero attached hydrogens (tertiary/aromatic N) is 3. The van der Waals surface area contributed by atoms with Crippen molar-refractivity contribution in [3.8, 4) is 0 Å². The Balaban J connectivity index is 1.60. The van der Waals surface area contributed by atoms with E-state index in [0.29, 0.717) is 23.1 Å². The lowest BCUT2D eigenvalue weighted by atomic mass is 10.2. The van der Waals surface area contributed by atoms with E-state index in [4.69, 9.17) is 23.2 Å². The van der Waals surface area contributed by atoms with Gasteiger partial charge in [-0.3, -0.25) is 0 Å². The van der Waals surface area contributed by atoms with E-state index < -0.39 is 10.0 Å². The third-order valence-corrected chi connectivity index (χ3v) is 6.81. The molecule has 3 rings (SSSR count). The Morgan fingerprint density at radius 2 is 1.75 bits per heavy atom. The lowest BCUT2D eigenvalue weighted by molar-refractivity contribution is 0.583. The normalized spacial score (nSPS) is 14.5. The molecule has 1 fully saturated rings. The third-order valence-electron chi connectivity index (χ3n) is 4.47. The Morgan fingerprint density at radius 3 is 2.46 bits per heavy atom. The second kappa shape index (κ2) is 8.82. The Labute approximate surface area is 175 Å². The largest absolute Gasteiger partial charge is 0.356 e. The van der Waals surface area contributed by atoms with Crippen LogP contribution in [0.15, 0.2) is 23.1 Å². The van der Waals surface area contributed by atoms with E-state index in [9.17, 15) is 8.42 Å². The van der Waals surface area contributed by atoms with Crippen LogP contribution in [-0.4, -0.2) is 44.6 Å². The average molecular weight is 444 g/mol. The molecule has 1 saturated heterocycles. The van der Waals surface area contributed by atoms with Crippen LogP contribution in [-0.2, 0) is 10.0 Å². The molecule has 0 aliphatic carbocycles. The highest BCUT2D eigenvalue weighted by Crippen LogP contribution is 2.28. The van der Waals surface area contributed by atoms with Crippen molar-refractivity contribution >= 4 is 45.0 Å². The van der Waals surface area contributed by atoms with Crippen LogP contribution in [0.2, 0.25) is 10.0 Å². The van der Waals surface area contributed by atoms with E-state index in [0.717, 1.165) is 24.6 Å². The van der Waals surface area contributed by atoms with Crippen molar-refractivity contribution < 1.29 is 8.42 Å². The van der Waals surface area contributed by atoms with E-state index in [-0.39, 0.29) is 16.5 Å². The first-order chi connectivity index (χ1) is 13.3. The number of benzene rings is 1. The molecule has 10 heteroatoms. The van der Waals surface area contributed by atoms with Gasteiger partial charge in [0, 0.05) is 43.0 Å². The molecule has 0 unspecified atom stereocenters. The molecule has 1 aromatic carbocycles. The van der Waals surface area contributed by atoms with Crippen LogP contribution >= 0.6 is 23.2 Å². The van der Waals surface area contributed by atoms with Crippen LogP contribution in [0.1, 0.15) is 24.1 Å². The van der Waals surface area contributed by atoms with Gasteiger partial charge in [-0.25, -0.2) is 18.1 Å². The first-order valence-corrected chi connectivity index (χ1v) is 11.3. The number of anilines is 2. The van der Waals surface area contributed by atoms with Crippen molar-refractivity contribution in [3.63, 3.8) is 0 Å². The fourth-order valence-electron chi connectivity index (χ4n) is 3.01. The number of rotatable bonds is 7.